The third-order valence-electron chi connectivity index (χ3n) is 1.96. The number of benzene rings is 1. The zero-order valence-electron chi connectivity index (χ0n) is 8.84. The van der Waals surface area contributed by atoms with Crippen LogP contribution in [0.5, 0.6) is 0 Å². The summed E-state index contributed by atoms with van der Waals surface area (Å²) in [4.78, 5) is 11.6. The molecule has 0 aliphatic carbocycles. The minimum absolute atomic E-state index is 0.166. The van der Waals surface area contributed by atoms with Gasteiger partial charge in [-0.1, -0.05) is 23.2 Å². The van der Waals surface area contributed by atoms with Crippen molar-refractivity contribution in [2.24, 2.45) is 0 Å². The van der Waals surface area contributed by atoms with E-state index in [1.54, 1.807) is 19.2 Å². The van der Waals surface area contributed by atoms with Gasteiger partial charge in [0.1, 0.15) is 0 Å². The maximum atomic E-state index is 11.6. The van der Waals surface area contributed by atoms with Crippen molar-refractivity contribution in [1.82, 2.24) is 5.32 Å². The van der Waals surface area contributed by atoms with Gasteiger partial charge in [0.25, 0.3) is 5.91 Å². The topological polar surface area (TPSA) is 38.3 Å². The first-order valence-electron chi connectivity index (χ1n) is 4.68. The second-order valence-corrected chi connectivity index (χ2v) is 3.64. The molecule has 1 aromatic rings. The first-order chi connectivity index (χ1) is 7.15. The number of halogens is 1. The summed E-state index contributed by atoms with van der Waals surface area (Å²) in [5.41, 5.74) is 1.52. The molecule has 0 saturated heterocycles. The van der Waals surface area contributed by atoms with Gasteiger partial charge in [-0.3, -0.25) is 4.79 Å². The van der Waals surface area contributed by atoms with Gasteiger partial charge in [-0.05, 0) is 19.1 Å². The van der Waals surface area contributed by atoms with Crippen LogP contribution in [0.15, 0.2) is 18.2 Å². The molecule has 0 fully saturated rings. The summed E-state index contributed by atoms with van der Waals surface area (Å²) in [6.07, 6.45) is 0. The smallest absolute Gasteiger partial charge is 0.252 e. The van der Waals surface area contributed by atoms with Gasteiger partial charge in [0.05, 0.1) is 17.2 Å². The molecule has 0 unspecified atom stereocenters. The highest BCUT2D eigenvalue weighted by molar-refractivity contribution is 6.33. The van der Waals surface area contributed by atoms with E-state index in [1.165, 1.54) is 0 Å². The molecule has 0 aliphatic heterocycles. The number of aryl methyl sites for hydroxylation is 1. The quantitative estimate of drug-likeness (QED) is 0.800. The molecule has 4 heteroatoms. The number of methoxy groups -OCH3 is 1. The van der Waals surface area contributed by atoms with Crippen molar-refractivity contribution in [3.8, 4) is 0 Å². The molecule has 1 N–H and O–H groups in total. The van der Waals surface area contributed by atoms with E-state index in [0.717, 1.165) is 5.56 Å². The highest BCUT2D eigenvalue weighted by atomic mass is 35.5. The number of carbonyl (C=O) groups excluding carboxylic acids is 1. The van der Waals surface area contributed by atoms with Crippen molar-refractivity contribution < 1.29 is 9.53 Å². The van der Waals surface area contributed by atoms with Gasteiger partial charge in [0.2, 0.25) is 0 Å². The standard InChI is InChI=1S/C11H14ClNO2/c1-8-3-4-10(12)9(7-8)11(14)13-5-6-15-2/h3-4,7H,5-6H2,1-2H3,(H,13,14). The molecule has 15 heavy (non-hydrogen) atoms. The lowest BCUT2D eigenvalue weighted by molar-refractivity contribution is 0.0937. The summed E-state index contributed by atoms with van der Waals surface area (Å²) in [6.45, 7) is 2.90. The summed E-state index contributed by atoms with van der Waals surface area (Å²) >= 11 is 5.91. The van der Waals surface area contributed by atoms with Crippen LogP contribution in [0.25, 0.3) is 0 Å². The van der Waals surface area contributed by atoms with E-state index in [0.29, 0.717) is 23.7 Å². The molecule has 0 aromatic heterocycles. The Balaban J connectivity index is 2.68. The SMILES string of the molecule is COCCNC(=O)c1cc(C)ccc1Cl. The Hall–Kier alpha value is -1.06. The summed E-state index contributed by atoms with van der Waals surface area (Å²) in [5.74, 6) is -0.166. The number of amides is 1. The van der Waals surface area contributed by atoms with Gasteiger partial charge >= 0.3 is 0 Å². The second-order valence-electron chi connectivity index (χ2n) is 3.23. The van der Waals surface area contributed by atoms with Crippen molar-refractivity contribution in [2.75, 3.05) is 20.3 Å². The zero-order chi connectivity index (χ0) is 11.3. The number of hydrogen-bond acceptors (Lipinski definition) is 2. The van der Waals surface area contributed by atoms with Crippen molar-refractivity contribution in [1.29, 1.82) is 0 Å². The lowest BCUT2D eigenvalue weighted by atomic mass is 10.1. The van der Waals surface area contributed by atoms with E-state index in [2.05, 4.69) is 5.32 Å². The predicted molar refractivity (Wildman–Crippen MR) is 60.4 cm³/mol. The summed E-state index contributed by atoms with van der Waals surface area (Å²) in [7, 11) is 1.59. The Morgan fingerprint density at radius 3 is 2.93 bits per heavy atom. The summed E-state index contributed by atoms with van der Waals surface area (Å²) in [6, 6.07) is 5.36. The van der Waals surface area contributed by atoms with Crippen molar-refractivity contribution >= 4 is 17.5 Å². The van der Waals surface area contributed by atoms with Gasteiger partial charge in [-0.2, -0.15) is 0 Å². The Kier molecular flexibility index (Phi) is 4.59. The molecule has 0 atom stereocenters. The minimum Gasteiger partial charge on any atom is -0.383 e. The van der Waals surface area contributed by atoms with Crippen LogP contribution in [0.4, 0.5) is 0 Å². The molecule has 0 spiro atoms. The maximum Gasteiger partial charge on any atom is 0.252 e. The largest absolute Gasteiger partial charge is 0.383 e. The van der Waals surface area contributed by atoms with Crippen LogP contribution in [0.3, 0.4) is 0 Å². The monoisotopic (exact) mass is 227 g/mol. The molecule has 1 rings (SSSR count). The molecule has 0 heterocycles. The van der Waals surface area contributed by atoms with Crippen LogP contribution < -0.4 is 5.32 Å². The van der Waals surface area contributed by atoms with E-state index in [1.807, 2.05) is 13.0 Å². The first kappa shape index (κ1) is 12.0. The van der Waals surface area contributed by atoms with Crippen LogP contribution in [0, 0.1) is 6.92 Å². The molecular formula is C11H14ClNO2. The maximum absolute atomic E-state index is 11.6. The van der Waals surface area contributed by atoms with Crippen LogP contribution in [0.2, 0.25) is 5.02 Å². The van der Waals surface area contributed by atoms with Crippen LogP contribution in [0.1, 0.15) is 15.9 Å². The second kappa shape index (κ2) is 5.73. The fraction of sp³-hybridized carbons (Fsp3) is 0.364. The number of nitrogens with one attached hydrogen (secondary N) is 1. The van der Waals surface area contributed by atoms with E-state index >= 15 is 0 Å². The zero-order valence-corrected chi connectivity index (χ0v) is 9.60. The van der Waals surface area contributed by atoms with Gasteiger partial charge in [-0.25, -0.2) is 0 Å². The Morgan fingerprint density at radius 2 is 2.27 bits per heavy atom. The van der Waals surface area contributed by atoms with E-state index in [4.69, 9.17) is 16.3 Å². The number of rotatable bonds is 4. The Morgan fingerprint density at radius 1 is 1.53 bits per heavy atom. The molecule has 1 aromatic carbocycles. The van der Waals surface area contributed by atoms with Crippen LogP contribution in [-0.4, -0.2) is 26.2 Å². The van der Waals surface area contributed by atoms with Crippen LogP contribution in [-0.2, 0) is 4.74 Å². The lowest BCUT2D eigenvalue weighted by Crippen LogP contribution is -2.27. The Bertz CT molecular complexity index is 352. The molecule has 0 radical (unpaired) electrons. The molecule has 0 bridgehead atoms. The fourth-order valence-electron chi connectivity index (χ4n) is 1.17. The van der Waals surface area contributed by atoms with E-state index in [-0.39, 0.29) is 5.91 Å². The predicted octanol–water partition coefficient (Wildman–Crippen LogP) is 2.02. The summed E-state index contributed by atoms with van der Waals surface area (Å²) in [5, 5.41) is 3.19. The molecule has 82 valence electrons. The van der Waals surface area contributed by atoms with E-state index < -0.39 is 0 Å². The van der Waals surface area contributed by atoms with Crippen LogP contribution >= 0.6 is 11.6 Å². The molecular weight excluding hydrogens is 214 g/mol. The number of ether oxygens (including phenoxy) is 1. The molecule has 3 nitrogen and oxygen atoms in total. The summed E-state index contributed by atoms with van der Waals surface area (Å²) < 4.78 is 4.83. The highest BCUT2D eigenvalue weighted by Crippen LogP contribution is 2.16. The van der Waals surface area contributed by atoms with Gasteiger partial charge in [0, 0.05) is 13.7 Å². The van der Waals surface area contributed by atoms with Crippen molar-refractivity contribution in [3.63, 3.8) is 0 Å². The molecule has 0 saturated carbocycles. The Labute approximate surface area is 94.4 Å². The highest BCUT2D eigenvalue weighted by Gasteiger charge is 2.09. The van der Waals surface area contributed by atoms with Crippen molar-refractivity contribution in [2.45, 2.75) is 6.92 Å². The van der Waals surface area contributed by atoms with Crippen molar-refractivity contribution in [3.05, 3.63) is 34.3 Å². The third-order valence-corrected chi connectivity index (χ3v) is 2.29. The first-order valence-corrected chi connectivity index (χ1v) is 5.06. The average Bonchev–Trinajstić information content (AvgIpc) is 2.22. The number of hydrogen-bond donors (Lipinski definition) is 1. The molecule has 0 aliphatic rings. The molecule has 1 amide bonds. The van der Waals surface area contributed by atoms with Gasteiger partial charge < -0.3 is 10.1 Å². The minimum atomic E-state index is -0.166. The third kappa shape index (κ3) is 3.53. The van der Waals surface area contributed by atoms with Gasteiger partial charge in [0.15, 0.2) is 0 Å². The average molecular weight is 228 g/mol. The number of carbonyl (C=O) groups is 1. The van der Waals surface area contributed by atoms with Gasteiger partial charge in [-0.15, -0.1) is 0 Å². The lowest BCUT2D eigenvalue weighted by Gasteiger charge is -2.06. The van der Waals surface area contributed by atoms with E-state index in [9.17, 15) is 4.79 Å². The fourth-order valence-corrected chi connectivity index (χ4v) is 1.38. The normalized spacial score (nSPS) is 10.1.